The summed E-state index contributed by atoms with van der Waals surface area (Å²) in [4.78, 5) is 15.9. The molecule has 0 bridgehead atoms. The largest absolute Gasteiger partial charge is 0.378 e. The second-order valence-corrected chi connectivity index (χ2v) is 4.08. The van der Waals surface area contributed by atoms with Crippen molar-refractivity contribution in [2.45, 2.75) is 6.61 Å². The van der Waals surface area contributed by atoms with Gasteiger partial charge in [-0.2, -0.15) is 0 Å². The minimum atomic E-state index is -0.346. The highest BCUT2D eigenvalue weighted by Crippen LogP contribution is 2.11. The number of ether oxygens (including phenoxy) is 1. The number of methoxy groups -OCH3 is 1. The van der Waals surface area contributed by atoms with Gasteiger partial charge in [0.05, 0.1) is 6.61 Å². The third-order valence-corrected chi connectivity index (χ3v) is 2.72. The Morgan fingerprint density at radius 2 is 2.47 bits per heavy atom. The number of carbonyl (C=O) groups is 1. The Kier molecular flexibility index (Phi) is 3.40. The van der Waals surface area contributed by atoms with E-state index in [0.29, 0.717) is 12.3 Å². The maximum atomic E-state index is 11.8. The molecule has 0 atom stereocenters. The third-order valence-electron chi connectivity index (χ3n) is 1.90. The van der Waals surface area contributed by atoms with E-state index in [2.05, 4.69) is 25.8 Å². The molecule has 2 aromatic heterocycles. The van der Waals surface area contributed by atoms with Crippen LogP contribution in [0.25, 0.3) is 0 Å². The van der Waals surface area contributed by atoms with Crippen molar-refractivity contribution in [2.24, 2.45) is 7.05 Å². The number of amides is 1. The van der Waals surface area contributed by atoms with Gasteiger partial charge in [0.15, 0.2) is 0 Å². The Labute approximate surface area is 101 Å². The lowest BCUT2D eigenvalue weighted by Crippen LogP contribution is -2.15. The monoisotopic (exact) mass is 254 g/mol. The van der Waals surface area contributed by atoms with Gasteiger partial charge in [-0.15, -0.1) is 11.3 Å². The molecule has 0 saturated heterocycles. The highest BCUT2D eigenvalue weighted by molar-refractivity contribution is 7.09. The van der Waals surface area contributed by atoms with Crippen LogP contribution in [0.5, 0.6) is 0 Å². The second kappa shape index (κ2) is 4.97. The van der Waals surface area contributed by atoms with Gasteiger partial charge in [0.25, 0.3) is 5.91 Å². The highest BCUT2D eigenvalue weighted by Gasteiger charge is 2.13. The predicted octanol–water partition coefficient (Wildman–Crippen LogP) is 0.0653. The summed E-state index contributed by atoms with van der Waals surface area (Å²) in [5.41, 5.74) is 0.324. The fraction of sp³-hybridized carbons (Fsp3) is 0.375. The van der Waals surface area contributed by atoms with Gasteiger partial charge in [0, 0.05) is 19.5 Å². The lowest BCUT2D eigenvalue weighted by molar-refractivity contribution is 0.102. The standard InChI is InChI=1S/C8H10N6O2S/c1-14-8(11-12-13-14)10-7(15)5-4-17-6(9-5)3-16-2/h4H,3H2,1-2H3,(H,10,11,13,15). The lowest BCUT2D eigenvalue weighted by atomic mass is 10.4. The van der Waals surface area contributed by atoms with Crippen LogP contribution in [0.15, 0.2) is 5.38 Å². The molecule has 0 aliphatic heterocycles. The van der Waals surface area contributed by atoms with Crippen molar-refractivity contribution in [3.63, 3.8) is 0 Å². The van der Waals surface area contributed by atoms with Gasteiger partial charge in [-0.1, -0.05) is 5.10 Å². The summed E-state index contributed by atoms with van der Waals surface area (Å²) >= 11 is 1.36. The molecule has 0 fully saturated rings. The van der Waals surface area contributed by atoms with E-state index < -0.39 is 0 Å². The predicted molar refractivity (Wildman–Crippen MR) is 59.6 cm³/mol. The highest BCUT2D eigenvalue weighted by atomic mass is 32.1. The molecule has 1 N–H and O–H groups in total. The Morgan fingerprint density at radius 3 is 3.12 bits per heavy atom. The van der Waals surface area contributed by atoms with E-state index in [1.54, 1.807) is 19.5 Å². The topological polar surface area (TPSA) is 94.8 Å². The Morgan fingerprint density at radius 1 is 1.65 bits per heavy atom. The average molecular weight is 254 g/mol. The van der Waals surface area contributed by atoms with Crippen LogP contribution in [0.4, 0.5) is 5.95 Å². The first-order chi connectivity index (χ1) is 8.20. The van der Waals surface area contributed by atoms with Crippen molar-refractivity contribution in [1.82, 2.24) is 25.2 Å². The van der Waals surface area contributed by atoms with Gasteiger partial charge < -0.3 is 4.74 Å². The molecule has 2 heterocycles. The number of hydrogen-bond acceptors (Lipinski definition) is 7. The zero-order valence-electron chi connectivity index (χ0n) is 9.25. The SMILES string of the molecule is COCc1nc(C(=O)Nc2nnnn2C)cs1. The van der Waals surface area contributed by atoms with E-state index >= 15 is 0 Å². The number of carbonyl (C=O) groups excluding carboxylic acids is 1. The van der Waals surface area contributed by atoms with Crippen LogP contribution in [0.2, 0.25) is 0 Å². The number of anilines is 1. The summed E-state index contributed by atoms with van der Waals surface area (Å²) in [5, 5.41) is 15.6. The molecule has 8 nitrogen and oxygen atoms in total. The molecule has 1 amide bonds. The number of thiazole rings is 1. The molecule has 9 heteroatoms. The molecule has 0 aliphatic carbocycles. The molecule has 2 rings (SSSR count). The van der Waals surface area contributed by atoms with Gasteiger partial charge in [0.2, 0.25) is 5.95 Å². The van der Waals surface area contributed by atoms with E-state index in [-0.39, 0.29) is 11.9 Å². The number of aromatic nitrogens is 5. The molecule has 2 aromatic rings. The zero-order valence-corrected chi connectivity index (χ0v) is 10.1. The van der Waals surface area contributed by atoms with Crippen molar-refractivity contribution in [3.8, 4) is 0 Å². The first kappa shape index (κ1) is 11.6. The molecular formula is C8H10N6O2S. The molecule has 0 unspecified atom stereocenters. The minimum absolute atomic E-state index is 0.274. The zero-order chi connectivity index (χ0) is 12.3. The number of tetrazole rings is 1. The lowest BCUT2D eigenvalue weighted by Gasteiger charge is -1.99. The van der Waals surface area contributed by atoms with E-state index in [4.69, 9.17) is 4.74 Å². The number of hydrogen-bond donors (Lipinski definition) is 1. The van der Waals surface area contributed by atoms with Gasteiger partial charge in [-0.25, -0.2) is 9.67 Å². The van der Waals surface area contributed by atoms with Crippen molar-refractivity contribution in [3.05, 3.63) is 16.1 Å². The summed E-state index contributed by atoms with van der Waals surface area (Å²) in [7, 11) is 3.21. The summed E-state index contributed by atoms with van der Waals surface area (Å²) in [5.74, 6) is -0.0715. The van der Waals surface area contributed by atoms with Crippen molar-refractivity contribution >= 4 is 23.2 Å². The fourth-order valence-electron chi connectivity index (χ4n) is 1.11. The van der Waals surface area contributed by atoms with Gasteiger partial charge in [0.1, 0.15) is 10.7 Å². The molecule has 17 heavy (non-hydrogen) atoms. The molecule has 0 radical (unpaired) electrons. The first-order valence-corrected chi connectivity index (χ1v) is 5.55. The van der Waals surface area contributed by atoms with Crippen LogP contribution in [-0.2, 0) is 18.4 Å². The van der Waals surface area contributed by atoms with Crippen LogP contribution in [-0.4, -0.2) is 38.2 Å². The fourth-order valence-corrected chi connectivity index (χ4v) is 1.85. The molecule has 0 spiro atoms. The average Bonchev–Trinajstić information content (AvgIpc) is 2.90. The summed E-state index contributed by atoms with van der Waals surface area (Å²) in [6, 6.07) is 0. The van der Waals surface area contributed by atoms with Crippen molar-refractivity contribution in [2.75, 3.05) is 12.4 Å². The summed E-state index contributed by atoms with van der Waals surface area (Å²) in [6.07, 6.45) is 0. The van der Waals surface area contributed by atoms with E-state index in [1.807, 2.05) is 0 Å². The maximum absolute atomic E-state index is 11.8. The van der Waals surface area contributed by atoms with Crippen LogP contribution in [0.3, 0.4) is 0 Å². The smallest absolute Gasteiger partial charge is 0.277 e. The number of rotatable bonds is 4. The molecule has 0 aromatic carbocycles. The Bertz CT molecular complexity index is 522. The second-order valence-electron chi connectivity index (χ2n) is 3.14. The van der Waals surface area contributed by atoms with Crippen LogP contribution >= 0.6 is 11.3 Å². The van der Waals surface area contributed by atoms with Gasteiger partial charge in [-0.3, -0.25) is 10.1 Å². The van der Waals surface area contributed by atoms with E-state index in [1.165, 1.54) is 16.0 Å². The third kappa shape index (κ3) is 2.63. The summed E-state index contributed by atoms with van der Waals surface area (Å²) < 4.78 is 6.29. The number of nitrogens with zero attached hydrogens (tertiary/aromatic N) is 5. The normalized spacial score (nSPS) is 10.5. The van der Waals surface area contributed by atoms with Gasteiger partial charge in [-0.05, 0) is 10.4 Å². The maximum Gasteiger partial charge on any atom is 0.277 e. The van der Waals surface area contributed by atoms with Crippen LogP contribution in [0.1, 0.15) is 15.5 Å². The van der Waals surface area contributed by atoms with E-state index in [9.17, 15) is 4.79 Å². The van der Waals surface area contributed by atoms with E-state index in [0.717, 1.165) is 5.01 Å². The minimum Gasteiger partial charge on any atom is -0.378 e. The molecule has 0 saturated carbocycles. The summed E-state index contributed by atoms with van der Waals surface area (Å²) in [6.45, 7) is 0.392. The Hall–Kier alpha value is -1.87. The quantitative estimate of drug-likeness (QED) is 0.829. The molecule has 90 valence electrons. The van der Waals surface area contributed by atoms with Gasteiger partial charge >= 0.3 is 0 Å². The number of nitrogens with one attached hydrogen (secondary N) is 1. The Balaban J connectivity index is 2.07. The van der Waals surface area contributed by atoms with Crippen molar-refractivity contribution < 1.29 is 9.53 Å². The van der Waals surface area contributed by atoms with Crippen LogP contribution < -0.4 is 5.32 Å². The molecular weight excluding hydrogens is 244 g/mol. The van der Waals surface area contributed by atoms with Crippen molar-refractivity contribution in [1.29, 1.82) is 0 Å². The van der Waals surface area contributed by atoms with Crippen LogP contribution in [0, 0.1) is 0 Å². The molecule has 0 aliphatic rings. The number of aryl methyl sites for hydroxylation is 1. The first-order valence-electron chi connectivity index (χ1n) is 4.67.